The molecule has 0 bridgehead atoms. The summed E-state index contributed by atoms with van der Waals surface area (Å²) in [5.74, 6) is 0.651. The van der Waals surface area contributed by atoms with Gasteiger partial charge in [-0.2, -0.15) is 0 Å². The maximum Gasteiger partial charge on any atom is 0.274 e. The summed E-state index contributed by atoms with van der Waals surface area (Å²) in [5, 5.41) is 2.89. The van der Waals surface area contributed by atoms with Gasteiger partial charge in [0.05, 0.1) is 0 Å². The third kappa shape index (κ3) is 3.72. The number of aromatic nitrogens is 2. The molecule has 1 aliphatic heterocycles. The Labute approximate surface area is 143 Å². The van der Waals surface area contributed by atoms with Crippen LogP contribution in [0.4, 0.5) is 11.5 Å². The van der Waals surface area contributed by atoms with E-state index >= 15 is 0 Å². The van der Waals surface area contributed by atoms with E-state index in [4.69, 9.17) is 0 Å². The molecule has 1 amide bonds. The van der Waals surface area contributed by atoms with Crippen LogP contribution in [0.2, 0.25) is 0 Å². The number of carbonyl (C=O) groups excluding carboxylic acids is 1. The van der Waals surface area contributed by atoms with Gasteiger partial charge in [-0.15, -0.1) is 0 Å². The molecule has 5 nitrogen and oxygen atoms in total. The number of amides is 1. The van der Waals surface area contributed by atoms with Crippen molar-refractivity contribution < 1.29 is 4.79 Å². The first kappa shape index (κ1) is 16.4. The van der Waals surface area contributed by atoms with Gasteiger partial charge in [-0.25, -0.2) is 9.97 Å². The maximum absolute atomic E-state index is 12.5. The SMILES string of the molecule is CCC1CCCCN1c1cc(C(=O)Nc2ccc(C)cc2)ncn1. The minimum atomic E-state index is -0.201. The van der Waals surface area contributed by atoms with E-state index in [2.05, 4.69) is 27.1 Å². The highest BCUT2D eigenvalue weighted by Gasteiger charge is 2.23. The average molecular weight is 324 g/mol. The fraction of sp³-hybridized carbons (Fsp3) is 0.421. The van der Waals surface area contributed by atoms with Gasteiger partial charge in [0.1, 0.15) is 17.8 Å². The van der Waals surface area contributed by atoms with Gasteiger partial charge >= 0.3 is 0 Å². The lowest BCUT2D eigenvalue weighted by atomic mass is 10.00. The molecule has 1 fully saturated rings. The highest BCUT2D eigenvalue weighted by atomic mass is 16.1. The molecule has 0 aliphatic carbocycles. The molecule has 3 rings (SSSR count). The lowest BCUT2D eigenvalue weighted by Gasteiger charge is -2.36. The lowest BCUT2D eigenvalue weighted by molar-refractivity contribution is 0.102. The summed E-state index contributed by atoms with van der Waals surface area (Å²) in [6.07, 6.45) is 6.20. The first-order valence-electron chi connectivity index (χ1n) is 8.64. The number of benzene rings is 1. The van der Waals surface area contributed by atoms with Crippen LogP contribution in [0.25, 0.3) is 0 Å². The molecule has 0 spiro atoms. The monoisotopic (exact) mass is 324 g/mol. The number of anilines is 2. The maximum atomic E-state index is 12.5. The predicted molar refractivity (Wildman–Crippen MR) is 96.4 cm³/mol. The zero-order valence-electron chi connectivity index (χ0n) is 14.3. The number of nitrogens with zero attached hydrogens (tertiary/aromatic N) is 3. The standard InChI is InChI=1S/C19H24N4O/c1-3-16-6-4-5-11-23(16)18-12-17(20-13-21-18)19(24)22-15-9-7-14(2)8-10-15/h7-10,12-13,16H,3-6,11H2,1-2H3,(H,22,24). The Morgan fingerprint density at radius 2 is 2.04 bits per heavy atom. The van der Waals surface area contributed by atoms with E-state index < -0.39 is 0 Å². The second kappa shape index (κ2) is 7.43. The first-order chi connectivity index (χ1) is 11.7. The number of hydrogen-bond donors (Lipinski definition) is 1. The zero-order valence-corrected chi connectivity index (χ0v) is 14.3. The molecule has 24 heavy (non-hydrogen) atoms. The number of nitrogens with one attached hydrogen (secondary N) is 1. The Hall–Kier alpha value is -2.43. The Balaban J connectivity index is 1.76. The number of aryl methyl sites for hydroxylation is 1. The molecule has 2 heterocycles. The van der Waals surface area contributed by atoms with Gasteiger partial charge in [-0.3, -0.25) is 4.79 Å². The molecule has 1 aromatic heterocycles. The van der Waals surface area contributed by atoms with Crippen LogP contribution in [-0.2, 0) is 0 Å². The Kier molecular flexibility index (Phi) is 5.08. The third-order valence-corrected chi connectivity index (χ3v) is 4.59. The van der Waals surface area contributed by atoms with E-state index in [0.717, 1.165) is 30.0 Å². The normalized spacial score (nSPS) is 17.6. The third-order valence-electron chi connectivity index (χ3n) is 4.59. The molecule has 1 N–H and O–H groups in total. The molecule has 1 saturated heterocycles. The van der Waals surface area contributed by atoms with Gasteiger partial charge in [0.2, 0.25) is 0 Å². The smallest absolute Gasteiger partial charge is 0.274 e. The van der Waals surface area contributed by atoms with Gasteiger partial charge in [0.15, 0.2) is 0 Å². The van der Waals surface area contributed by atoms with Crippen LogP contribution < -0.4 is 10.2 Å². The minimum absolute atomic E-state index is 0.201. The van der Waals surface area contributed by atoms with Crippen molar-refractivity contribution >= 4 is 17.4 Å². The molecule has 126 valence electrons. The van der Waals surface area contributed by atoms with Crippen molar-refractivity contribution in [2.45, 2.75) is 45.6 Å². The molecule has 1 unspecified atom stereocenters. The molecular weight excluding hydrogens is 300 g/mol. The van der Waals surface area contributed by atoms with E-state index in [1.807, 2.05) is 31.2 Å². The van der Waals surface area contributed by atoms with Crippen molar-refractivity contribution in [1.29, 1.82) is 0 Å². The van der Waals surface area contributed by atoms with E-state index in [-0.39, 0.29) is 5.91 Å². The highest BCUT2D eigenvalue weighted by molar-refractivity contribution is 6.03. The number of carbonyl (C=O) groups is 1. The van der Waals surface area contributed by atoms with Crippen molar-refractivity contribution in [3.05, 3.63) is 47.9 Å². The van der Waals surface area contributed by atoms with Gasteiger partial charge in [0.25, 0.3) is 5.91 Å². The van der Waals surface area contributed by atoms with Crippen molar-refractivity contribution in [2.24, 2.45) is 0 Å². The van der Waals surface area contributed by atoms with Crippen LogP contribution in [0.5, 0.6) is 0 Å². The van der Waals surface area contributed by atoms with E-state index in [9.17, 15) is 4.79 Å². The largest absolute Gasteiger partial charge is 0.354 e. The number of hydrogen-bond acceptors (Lipinski definition) is 4. The fourth-order valence-electron chi connectivity index (χ4n) is 3.19. The van der Waals surface area contributed by atoms with E-state index in [0.29, 0.717) is 11.7 Å². The summed E-state index contributed by atoms with van der Waals surface area (Å²) in [4.78, 5) is 23.3. The molecule has 2 aromatic rings. The number of rotatable bonds is 4. The van der Waals surface area contributed by atoms with Crippen LogP contribution in [0.15, 0.2) is 36.7 Å². The second-order valence-corrected chi connectivity index (χ2v) is 6.33. The quantitative estimate of drug-likeness (QED) is 0.929. The van der Waals surface area contributed by atoms with Crippen LogP contribution in [0.3, 0.4) is 0 Å². The summed E-state index contributed by atoms with van der Waals surface area (Å²) >= 11 is 0. The lowest BCUT2D eigenvalue weighted by Crippen LogP contribution is -2.39. The summed E-state index contributed by atoms with van der Waals surface area (Å²) < 4.78 is 0. The molecule has 1 aliphatic rings. The van der Waals surface area contributed by atoms with Crippen molar-refractivity contribution in [3.63, 3.8) is 0 Å². The first-order valence-corrected chi connectivity index (χ1v) is 8.64. The topological polar surface area (TPSA) is 58.1 Å². The van der Waals surface area contributed by atoms with Gasteiger partial charge in [-0.05, 0) is 44.7 Å². The predicted octanol–water partition coefficient (Wildman–Crippen LogP) is 3.81. The molecule has 1 aromatic carbocycles. The molecule has 0 saturated carbocycles. The van der Waals surface area contributed by atoms with Crippen molar-refractivity contribution in [3.8, 4) is 0 Å². The Morgan fingerprint density at radius 1 is 1.25 bits per heavy atom. The second-order valence-electron chi connectivity index (χ2n) is 6.33. The van der Waals surface area contributed by atoms with Crippen LogP contribution in [0, 0.1) is 6.92 Å². The molecule has 5 heteroatoms. The van der Waals surface area contributed by atoms with E-state index in [1.165, 1.54) is 25.6 Å². The molecule has 0 radical (unpaired) electrons. The van der Waals surface area contributed by atoms with Crippen molar-refractivity contribution in [1.82, 2.24) is 9.97 Å². The summed E-state index contributed by atoms with van der Waals surface area (Å²) in [6, 6.07) is 10.0. The average Bonchev–Trinajstić information content (AvgIpc) is 2.63. The van der Waals surface area contributed by atoms with Gasteiger partial charge in [0, 0.05) is 24.3 Å². The Bertz CT molecular complexity index is 699. The Morgan fingerprint density at radius 3 is 2.79 bits per heavy atom. The van der Waals surface area contributed by atoms with Crippen LogP contribution in [0.1, 0.15) is 48.7 Å². The summed E-state index contributed by atoms with van der Waals surface area (Å²) in [5.41, 5.74) is 2.34. The van der Waals surface area contributed by atoms with Crippen LogP contribution in [-0.4, -0.2) is 28.5 Å². The van der Waals surface area contributed by atoms with E-state index in [1.54, 1.807) is 6.07 Å². The number of piperidine rings is 1. The molecule has 1 atom stereocenters. The fourth-order valence-corrected chi connectivity index (χ4v) is 3.19. The van der Waals surface area contributed by atoms with Crippen LogP contribution >= 0.6 is 0 Å². The minimum Gasteiger partial charge on any atom is -0.354 e. The summed E-state index contributed by atoms with van der Waals surface area (Å²) in [7, 11) is 0. The zero-order chi connectivity index (χ0) is 16.9. The molecular formula is C19H24N4O. The summed E-state index contributed by atoms with van der Waals surface area (Å²) in [6.45, 7) is 5.22. The van der Waals surface area contributed by atoms with Gasteiger partial charge in [-0.1, -0.05) is 24.6 Å². The van der Waals surface area contributed by atoms with Gasteiger partial charge < -0.3 is 10.2 Å². The highest BCUT2D eigenvalue weighted by Crippen LogP contribution is 2.25. The van der Waals surface area contributed by atoms with Crippen molar-refractivity contribution in [2.75, 3.05) is 16.8 Å².